The van der Waals surface area contributed by atoms with Gasteiger partial charge in [0, 0.05) is 51.8 Å². The lowest BCUT2D eigenvalue weighted by molar-refractivity contribution is -0.139. The molecule has 38 heavy (non-hydrogen) atoms. The highest BCUT2D eigenvalue weighted by atomic mass is 16.2. The van der Waals surface area contributed by atoms with E-state index >= 15 is 0 Å². The van der Waals surface area contributed by atoms with Crippen LogP contribution in [0.1, 0.15) is 20.8 Å². The van der Waals surface area contributed by atoms with Crippen molar-refractivity contribution in [3.05, 3.63) is 66.7 Å². The average Bonchev–Trinajstić information content (AvgIpc) is 2.97. The second-order valence-electron chi connectivity index (χ2n) is 9.56. The summed E-state index contributed by atoms with van der Waals surface area (Å²) in [7, 11) is 0. The lowest BCUT2D eigenvalue weighted by Crippen LogP contribution is -2.52. The van der Waals surface area contributed by atoms with E-state index in [0.29, 0.717) is 32.7 Å². The van der Waals surface area contributed by atoms with Crippen LogP contribution in [0.2, 0.25) is 0 Å². The molecule has 0 atom stereocenters. The van der Waals surface area contributed by atoms with Gasteiger partial charge in [-0.3, -0.25) is 9.59 Å². The van der Waals surface area contributed by atoms with Gasteiger partial charge in [-0.25, -0.2) is 0 Å². The fraction of sp³-hybridized carbons (Fsp3) is 0.400. The maximum atomic E-state index is 12.9. The molecule has 0 N–H and O–H groups in total. The Kier molecular flexibility index (Phi) is 9.43. The van der Waals surface area contributed by atoms with Crippen LogP contribution in [0, 0.1) is 0 Å². The summed E-state index contributed by atoms with van der Waals surface area (Å²) in [5, 5.41) is 8.94. The molecule has 2 heterocycles. The van der Waals surface area contributed by atoms with Crippen LogP contribution < -0.4 is 4.90 Å². The van der Waals surface area contributed by atoms with Gasteiger partial charge in [0.15, 0.2) is 5.82 Å². The third-order valence-electron chi connectivity index (χ3n) is 7.25. The molecule has 3 aromatic rings. The number of likely N-dealkylation sites (N-methyl/N-ethyl adjacent to an activating group) is 1. The van der Waals surface area contributed by atoms with Crippen molar-refractivity contribution in [2.45, 2.75) is 20.8 Å². The van der Waals surface area contributed by atoms with Gasteiger partial charge in [-0.15, -0.1) is 10.2 Å². The fourth-order valence-electron chi connectivity index (χ4n) is 4.71. The standard InChI is InChI=1S/C30H38N6O2/c1-4-33(5-2)17-18-36(24(3)37)23-30(38)35-21-19-34(20-22-35)29-16-15-28(31-32-29)27-13-11-26(12-14-27)25-9-7-6-8-10-25/h6-16H,4-5,17-23H2,1-3H3. The number of benzene rings is 2. The zero-order valence-electron chi connectivity index (χ0n) is 22.7. The first-order chi connectivity index (χ1) is 18.5. The summed E-state index contributed by atoms with van der Waals surface area (Å²) in [5.41, 5.74) is 4.21. The predicted molar refractivity (Wildman–Crippen MR) is 152 cm³/mol. The van der Waals surface area contributed by atoms with Crippen LogP contribution >= 0.6 is 0 Å². The molecule has 2 aromatic carbocycles. The van der Waals surface area contributed by atoms with Crippen molar-refractivity contribution in [2.24, 2.45) is 0 Å². The molecule has 8 nitrogen and oxygen atoms in total. The van der Waals surface area contributed by atoms with Crippen LogP contribution in [-0.2, 0) is 9.59 Å². The van der Waals surface area contributed by atoms with E-state index in [1.165, 1.54) is 18.1 Å². The molecule has 0 aliphatic carbocycles. The van der Waals surface area contributed by atoms with E-state index in [1.807, 2.05) is 35.2 Å². The van der Waals surface area contributed by atoms with Gasteiger partial charge in [0.05, 0.1) is 12.2 Å². The van der Waals surface area contributed by atoms with Gasteiger partial charge in [0.2, 0.25) is 11.8 Å². The van der Waals surface area contributed by atoms with Gasteiger partial charge in [-0.2, -0.15) is 0 Å². The number of rotatable bonds is 10. The molecule has 0 saturated carbocycles. The molecule has 0 bridgehead atoms. The summed E-state index contributed by atoms with van der Waals surface area (Å²) in [6, 6.07) is 22.6. The van der Waals surface area contributed by atoms with Gasteiger partial charge < -0.3 is 19.6 Å². The lowest BCUT2D eigenvalue weighted by atomic mass is 10.0. The van der Waals surface area contributed by atoms with Crippen molar-refractivity contribution in [3.8, 4) is 22.4 Å². The van der Waals surface area contributed by atoms with Crippen molar-refractivity contribution in [1.29, 1.82) is 0 Å². The summed E-state index contributed by atoms with van der Waals surface area (Å²) in [6.45, 7) is 11.7. The second kappa shape index (κ2) is 13.1. The zero-order valence-corrected chi connectivity index (χ0v) is 22.7. The Hall–Kier alpha value is -3.78. The van der Waals surface area contributed by atoms with Crippen molar-refractivity contribution >= 4 is 17.6 Å². The first kappa shape index (κ1) is 27.3. The number of anilines is 1. The van der Waals surface area contributed by atoms with Crippen LogP contribution in [0.4, 0.5) is 5.82 Å². The molecule has 1 saturated heterocycles. The number of nitrogens with zero attached hydrogens (tertiary/aromatic N) is 6. The summed E-state index contributed by atoms with van der Waals surface area (Å²) in [4.78, 5) is 33.0. The van der Waals surface area contributed by atoms with Crippen molar-refractivity contribution < 1.29 is 9.59 Å². The summed E-state index contributed by atoms with van der Waals surface area (Å²) >= 11 is 0. The van der Waals surface area contributed by atoms with Crippen LogP contribution in [0.15, 0.2) is 66.7 Å². The Morgan fingerprint density at radius 2 is 1.39 bits per heavy atom. The maximum absolute atomic E-state index is 12.9. The fourth-order valence-corrected chi connectivity index (χ4v) is 4.71. The van der Waals surface area contributed by atoms with E-state index in [2.05, 4.69) is 70.2 Å². The second-order valence-corrected chi connectivity index (χ2v) is 9.56. The molecule has 1 aliphatic rings. The molecule has 1 fully saturated rings. The number of hydrogen-bond donors (Lipinski definition) is 0. The number of carbonyl (C=O) groups excluding carboxylic acids is 2. The molecule has 1 aliphatic heterocycles. The molecule has 0 unspecified atom stereocenters. The number of carbonyl (C=O) groups is 2. The Labute approximate surface area is 225 Å². The molecular weight excluding hydrogens is 476 g/mol. The Balaban J connectivity index is 1.29. The molecule has 4 rings (SSSR count). The third kappa shape index (κ3) is 6.95. The van der Waals surface area contributed by atoms with Crippen molar-refractivity contribution in [3.63, 3.8) is 0 Å². The SMILES string of the molecule is CCN(CC)CCN(CC(=O)N1CCN(c2ccc(-c3ccc(-c4ccccc4)cc3)nn2)CC1)C(C)=O. The molecule has 0 spiro atoms. The molecule has 8 heteroatoms. The van der Waals surface area contributed by atoms with Gasteiger partial charge >= 0.3 is 0 Å². The summed E-state index contributed by atoms with van der Waals surface area (Å²) in [5.74, 6) is 0.750. The number of amides is 2. The largest absolute Gasteiger partial charge is 0.352 e. The van der Waals surface area contributed by atoms with E-state index < -0.39 is 0 Å². The smallest absolute Gasteiger partial charge is 0.242 e. The number of piperazine rings is 1. The molecule has 1 aromatic heterocycles. The Morgan fingerprint density at radius 1 is 0.763 bits per heavy atom. The van der Waals surface area contributed by atoms with E-state index in [1.54, 1.807) is 4.90 Å². The normalized spacial score (nSPS) is 13.6. The highest BCUT2D eigenvalue weighted by Gasteiger charge is 2.24. The molecular formula is C30H38N6O2. The minimum atomic E-state index is -0.0609. The molecule has 200 valence electrons. The summed E-state index contributed by atoms with van der Waals surface area (Å²) < 4.78 is 0. The van der Waals surface area contributed by atoms with Crippen LogP contribution in [0.25, 0.3) is 22.4 Å². The van der Waals surface area contributed by atoms with E-state index in [0.717, 1.165) is 36.7 Å². The van der Waals surface area contributed by atoms with Crippen LogP contribution in [-0.4, -0.2) is 95.6 Å². The van der Waals surface area contributed by atoms with Gasteiger partial charge in [0.25, 0.3) is 0 Å². The first-order valence-electron chi connectivity index (χ1n) is 13.5. The van der Waals surface area contributed by atoms with Gasteiger partial charge in [0.1, 0.15) is 0 Å². The van der Waals surface area contributed by atoms with Crippen molar-refractivity contribution in [2.75, 3.05) is 63.8 Å². The van der Waals surface area contributed by atoms with Crippen molar-refractivity contribution in [1.82, 2.24) is 24.9 Å². The van der Waals surface area contributed by atoms with Crippen LogP contribution in [0.3, 0.4) is 0 Å². The van der Waals surface area contributed by atoms with Gasteiger partial charge in [-0.1, -0.05) is 68.4 Å². The van der Waals surface area contributed by atoms with Gasteiger partial charge in [-0.05, 0) is 36.3 Å². The number of hydrogen-bond acceptors (Lipinski definition) is 6. The monoisotopic (exact) mass is 514 g/mol. The predicted octanol–water partition coefficient (Wildman–Crippen LogP) is 3.65. The van der Waals surface area contributed by atoms with E-state index in [-0.39, 0.29) is 18.4 Å². The minimum absolute atomic E-state index is 0.000205. The minimum Gasteiger partial charge on any atom is -0.352 e. The number of aromatic nitrogens is 2. The average molecular weight is 515 g/mol. The molecule has 0 radical (unpaired) electrons. The Bertz CT molecular complexity index is 1170. The highest BCUT2D eigenvalue weighted by molar-refractivity contribution is 5.84. The van der Waals surface area contributed by atoms with E-state index in [4.69, 9.17) is 0 Å². The quantitative estimate of drug-likeness (QED) is 0.411. The lowest BCUT2D eigenvalue weighted by Gasteiger charge is -2.36. The van der Waals surface area contributed by atoms with E-state index in [9.17, 15) is 9.59 Å². The highest BCUT2D eigenvalue weighted by Crippen LogP contribution is 2.24. The first-order valence-corrected chi connectivity index (χ1v) is 13.5. The third-order valence-corrected chi connectivity index (χ3v) is 7.25. The molecule has 2 amide bonds. The topological polar surface area (TPSA) is 72.9 Å². The van der Waals surface area contributed by atoms with Crippen LogP contribution in [0.5, 0.6) is 0 Å². The zero-order chi connectivity index (χ0) is 26.9. The maximum Gasteiger partial charge on any atom is 0.242 e. The Morgan fingerprint density at radius 3 is 1.97 bits per heavy atom. The summed E-state index contributed by atoms with van der Waals surface area (Å²) in [6.07, 6.45) is 0.